The van der Waals surface area contributed by atoms with Crippen molar-refractivity contribution < 1.29 is 5.11 Å². The number of aromatic nitrogens is 1. The third-order valence-corrected chi connectivity index (χ3v) is 2.89. The maximum atomic E-state index is 8.80. The third-order valence-electron chi connectivity index (χ3n) is 2.89. The number of anilines is 1. The molecule has 1 N–H and O–H groups in total. The van der Waals surface area contributed by atoms with E-state index in [1.165, 1.54) is 19.3 Å². The molecule has 3 nitrogen and oxygen atoms in total. The fourth-order valence-corrected chi connectivity index (χ4v) is 2.00. The predicted molar refractivity (Wildman–Crippen MR) is 61.1 cm³/mol. The van der Waals surface area contributed by atoms with Crippen molar-refractivity contribution in [1.82, 2.24) is 4.98 Å². The van der Waals surface area contributed by atoms with Crippen molar-refractivity contribution in [3.63, 3.8) is 0 Å². The summed E-state index contributed by atoms with van der Waals surface area (Å²) in [6, 6.07) is 4.13. The van der Waals surface area contributed by atoms with Crippen molar-refractivity contribution >= 4 is 5.82 Å². The molecule has 1 aliphatic heterocycles. The molecular weight excluding hydrogens is 188 g/mol. The Morgan fingerprint density at radius 3 is 2.60 bits per heavy atom. The van der Waals surface area contributed by atoms with E-state index in [0.717, 1.165) is 24.5 Å². The smallest absolute Gasteiger partial charge is 0.128 e. The van der Waals surface area contributed by atoms with Crippen molar-refractivity contribution in [3.05, 3.63) is 23.9 Å². The van der Waals surface area contributed by atoms with Gasteiger partial charge in [0.15, 0.2) is 0 Å². The van der Waals surface area contributed by atoms with E-state index >= 15 is 0 Å². The lowest BCUT2D eigenvalue weighted by atomic mass is 10.1. The van der Waals surface area contributed by atoms with Crippen molar-refractivity contribution in [3.8, 4) is 0 Å². The summed E-state index contributed by atoms with van der Waals surface area (Å²) in [5.41, 5.74) is 1.11. The fourth-order valence-electron chi connectivity index (χ4n) is 2.00. The van der Waals surface area contributed by atoms with E-state index in [-0.39, 0.29) is 6.61 Å². The number of rotatable bonds is 3. The van der Waals surface area contributed by atoms with Crippen molar-refractivity contribution in [2.24, 2.45) is 0 Å². The summed E-state index contributed by atoms with van der Waals surface area (Å²) < 4.78 is 0. The number of pyridine rings is 1. The summed E-state index contributed by atoms with van der Waals surface area (Å²) in [6.45, 7) is 2.46. The predicted octanol–water partition coefficient (Wildman–Crippen LogP) is 1.61. The van der Waals surface area contributed by atoms with E-state index in [4.69, 9.17) is 5.11 Å². The van der Waals surface area contributed by atoms with Crippen LogP contribution in [0.1, 0.15) is 24.8 Å². The van der Waals surface area contributed by atoms with Gasteiger partial charge in [0, 0.05) is 25.9 Å². The zero-order valence-electron chi connectivity index (χ0n) is 9.02. The Morgan fingerprint density at radius 1 is 1.20 bits per heavy atom. The molecule has 1 aliphatic rings. The van der Waals surface area contributed by atoms with Crippen LogP contribution < -0.4 is 4.90 Å². The summed E-state index contributed by atoms with van der Waals surface area (Å²) >= 11 is 0. The lowest BCUT2D eigenvalue weighted by Crippen LogP contribution is -2.30. The first-order chi connectivity index (χ1) is 7.40. The average Bonchev–Trinajstić information content (AvgIpc) is 2.32. The molecule has 1 aromatic heterocycles. The van der Waals surface area contributed by atoms with Crippen molar-refractivity contribution in [1.29, 1.82) is 0 Å². The highest BCUT2D eigenvalue weighted by molar-refractivity contribution is 5.39. The van der Waals surface area contributed by atoms with Gasteiger partial charge in [0.1, 0.15) is 5.82 Å². The number of hydrogen-bond donors (Lipinski definition) is 1. The molecule has 0 radical (unpaired) electrons. The van der Waals surface area contributed by atoms with Gasteiger partial charge in [-0.3, -0.25) is 0 Å². The van der Waals surface area contributed by atoms with Crippen LogP contribution >= 0.6 is 0 Å². The zero-order valence-corrected chi connectivity index (χ0v) is 9.02. The molecule has 0 atom stereocenters. The first kappa shape index (κ1) is 10.4. The van der Waals surface area contributed by atoms with Gasteiger partial charge in [-0.25, -0.2) is 4.98 Å². The summed E-state index contributed by atoms with van der Waals surface area (Å²) in [6.07, 6.45) is 6.48. The number of aliphatic hydroxyl groups is 1. The molecule has 0 unspecified atom stereocenters. The van der Waals surface area contributed by atoms with Gasteiger partial charge in [0.2, 0.25) is 0 Å². The Labute approximate surface area is 90.8 Å². The van der Waals surface area contributed by atoms with Crippen LogP contribution in [-0.2, 0) is 6.42 Å². The molecule has 0 saturated carbocycles. The standard InChI is InChI=1S/C12H18N2O/c15-9-6-11-4-5-12(13-10-11)14-7-2-1-3-8-14/h4-5,10,15H,1-3,6-9H2. The van der Waals surface area contributed by atoms with Crippen LogP contribution in [0.2, 0.25) is 0 Å². The number of hydrogen-bond acceptors (Lipinski definition) is 3. The zero-order chi connectivity index (χ0) is 10.5. The third kappa shape index (κ3) is 2.69. The monoisotopic (exact) mass is 206 g/mol. The molecule has 82 valence electrons. The molecule has 0 aromatic carbocycles. The summed E-state index contributed by atoms with van der Waals surface area (Å²) in [7, 11) is 0. The Morgan fingerprint density at radius 2 is 2.00 bits per heavy atom. The quantitative estimate of drug-likeness (QED) is 0.816. The largest absolute Gasteiger partial charge is 0.396 e. The maximum absolute atomic E-state index is 8.80. The molecule has 0 aliphatic carbocycles. The number of aliphatic hydroxyl groups excluding tert-OH is 1. The Hall–Kier alpha value is -1.09. The van der Waals surface area contributed by atoms with Crippen LogP contribution in [0.15, 0.2) is 18.3 Å². The SMILES string of the molecule is OCCc1ccc(N2CCCCC2)nc1. The van der Waals surface area contributed by atoms with Crippen LogP contribution in [0.4, 0.5) is 5.82 Å². The molecule has 1 aromatic rings. The first-order valence-electron chi connectivity index (χ1n) is 5.71. The van der Waals surface area contributed by atoms with E-state index < -0.39 is 0 Å². The molecule has 0 spiro atoms. The maximum Gasteiger partial charge on any atom is 0.128 e. The molecule has 1 saturated heterocycles. The van der Waals surface area contributed by atoms with Gasteiger partial charge < -0.3 is 10.0 Å². The summed E-state index contributed by atoms with van der Waals surface area (Å²) in [5.74, 6) is 1.08. The molecule has 3 heteroatoms. The second-order valence-corrected chi connectivity index (χ2v) is 4.05. The Balaban J connectivity index is 2.02. The van der Waals surface area contributed by atoms with Gasteiger partial charge in [-0.1, -0.05) is 6.07 Å². The molecule has 0 bridgehead atoms. The highest BCUT2D eigenvalue weighted by Gasteiger charge is 2.11. The van der Waals surface area contributed by atoms with Crippen LogP contribution in [-0.4, -0.2) is 29.8 Å². The van der Waals surface area contributed by atoms with Crippen LogP contribution in [0.5, 0.6) is 0 Å². The second kappa shape index (κ2) is 5.12. The van der Waals surface area contributed by atoms with Gasteiger partial charge in [-0.05, 0) is 37.3 Å². The van der Waals surface area contributed by atoms with Crippen LogP contribution in [0.3, 0.4) is 0 Å². The van der Waals surface area contributed by atoms with Gasteiger partial charge in [-0.2, -0.15) is 0 Å². The highest BCUT2D eigenvalue weighted by Crippen LogP contribution is 2.17. The lowest BCUT2D eigenvalue weighted by Gasteiger charge is -2.27. The minimum absolute atomic E-state index is 0.199. The van der Waals surface area contributed by atoms with E-state index in [1.54, 1.807) is 0 Å². The first-order valence-corrected chi connectivity index (χ1v) is 5.71. The van der Waals surface area contributed by atoms with E-state index in [0.29, 0.717) is 6.42 Å². The van der Waals surface area contributed by atoms with Gasteiger partial charge >= 0.3 is 0 Å². The summed E-state index contributed by atoms with van der Waals surface area (Å²) in [4.78, 5) is 6.78. The molecule has 2 heterocycles. The fraction of sp³-hybridized carbons (Fsp3) is 0.583. The van der Waals surface area contributed by atoms with Crippen LogP contribution in [0, 0.1) is 0 Å². The van der Waals surface area contributed by atoms with Gasteiger partial charge in [-0.15, -0.1) is 0 Å². The molecule has 2 rings (SSSR count). The molecular formula is C12H18N2O. The van der Waals surface area contributed by atoms with Gasteiger partial charge in [0.25, 0.3) is 0 Å². The normalized spacial score (nSPS) is 16.7. The van der Waals surface area contributed by atoms with Crippen molar-refractivity contribution in [2.45, 2.75) is 25.7 Å². The van der Waals surface area contributed by atoms with E-state index in [9.17, 15) is 0 Å². The molecule has 1 fully saturated rings. The van der Waals surface area contributed by atoms with E-state index in [1.807, 2.05) is 6.20 Å². The number of piperidine rings is 1. The Bertz CT molecular complexity index is 291. The highest BCUT2D eigenvalue weighted by atomic mass is 16.2. The lowest BCUT2D eigenvalue weighted by molar-refractivity contribution is 0.299. The minimum atomic E-state index is 0.199. The topological polar surface area (TPSA) is 36.4 Å². The van der Waals surface area contributed by atoms with E-state index in [2.05, 4.69) is 22.0 Å². The summed E-state index contributed by atoms with van der Waals surface area (Å²) in [5, 5.41) is 8.80. The minimum Gasteiger partial charge on any atom is -0.396 e. The van der Waals surface area contributed by atoms with Crippen molar-refractivity contribution in [2.75, 3.05) is 24.6 Å². The van der Waals surface area contributed by atoms with Crippen LogP contribution in [0.25, 0.3) is 0 Å². The number of nitrogens with zero attached hydrogens (tertiary/aromatic N) is 2. The molecule has 15 heavy (non-hydrogen) atoms. The molecule has 0 amide bonds. The average molecular weight is 206 g/mol. The van der Waals surface area contributed by atoms with Gasteiger partial charge in [0.05, 0.1) is 0 Å². The second-order valence-electron chi connectivity index (χ2n) is 4.05. The Kier molecular flexibility index (Phi) is 3.56.